The summed E-state index contributed by atoms with van der Waals surface area (Å²) in [4.78, 5) is 16.9. The summed E-state index contributed by atoms with van der Waals surface area (Å²) < 4.78 is 0. The molecular formula is C16H16N2O. The standard InChI is InChI=1S/C16H16N2O/c17-14(11-5-2-1-3-6-11)16(19)13-9-8-12-7-4-10-18-15(12)13/h1-7,10,13-14H,8-9,17H2. The third-order valence-electron chi connectivity index (χ3n) is 3.77. The van der Waals surface area contributed by atoms with Crippen molar-refractivity contribution < 1.29 is 4.79 Å². The van der Waals surface area contributed by atoms with Crippen molar-refractivity contribution in [1.29, 1.82) is 0 Å². The Morgan fingerprint density at radius 3 is 2.79 bits per heavy atom. The summed E-state index contributed by atoms with van der Waals surface area (Å²) in [5.41, 5.74) is 9.07. The molecule has 1 heterocycles. The lowest BCUT2D eigenvalue weighted by molar-refractivity contribution is -0.121. The van der Waals surface area contributed by atoms with Crippen LogP contribution in [0, 0.1) is 0 Å². The second-order valence-electron chi connectivity index (χ2n) is 4.93. The number of aromatic nitrogens is 1. The number of nitrogens with zero attached hydrogens (tertiary/aromatic N) is 1. The van der Waals surface area contributed by atoms with Crippen molar-refractivity contribution in [2.45, 2.75) is 24.8 Å². The third-order valence-corrected chi connectivity index (χ3v) is 3.77. The fourth-order valence-corrected chi connectivity index (χ4v) is 2.73. The van der Waals surface area contributed by atoms with Crippen molar-refractivity contribution in [3.63, 3.8) is 0 Å². The average Bonchev–Trinajstić information content (AvgIpc) is 2.90. The molecule has 0 amide bonds. The fourth-order valence-electron chi connectivity index (χ4n) is 2.73. The molecule has 19 heavy (non-hydrogen) atoms. The Labute approximate surface area is 112 Å². The maximum Gasteiger partial charge on any atom is 0.163 e. The van der Waals surface area contributed by atoms with Crippen LogP contribution in [0.4, 0.5) is 0 Å². The van der Waals surface area contributed by atoms with Gasteiger partial charge in [0, 0.05) is 6.20 Å². The van der Waals surface area contributed by atoms with Gasteiger partial charge in [0.15, 0.2) is 5.78 Å². The minimum atomic E-state index is -0.556. The van der Waals surface area contributed by atoms with Crippen LogP contribution in [0.1, 0.15) is 35.2 Å². The summed E-state index contributed by atoms with van der Waals surface area (Å²) >= 11 is 0. The lowest BCUT2D eigenvalue weighted by Crippen LogP contribution is -2.26. The molecular weight excluding hydrogens is 236 g/mol. The molecule has 2 atom stereocenters. The van der Waals surface area contributed by atoms with Crippen molar-refractivity contribution in [2.24, 2.45) is 5.73 Å². The second-order valence-corrected chi connectivity index (χ2v) is 4.93. The van der Waals surface area contributed by atoms with E-state index in [4.69, 9.17) is 5.73 Å². The number of aryl methyl sites for hydroxylation is 1. The van der Waals surface area contributed by atoms with Crippen molar-refractivity contribution in [3.8, 4) is 0 Å². The van der Waals surface area contributed by atoms with Crippen molar-refractivity contribution in [2.75, 3.05) is 0 Å². The van der Waals surface area contributed by atoms with Crippen LogP contribution in [0.15, 0.2) is 48.7 Å². The number of pyridine rings is 1. The molecule has 1 aromatic carbocycles. The number of nitrogens with two attached hydrogens (primary N) is 1. The van der Waals surface area contributed by atoms with Gasteiger partial charge in [0.25, 0.3) is 0 Å². The van der Waals surface area contributed by atoms with Crippen LogP contribution in [-0.4, -0.2) is 10.8 Å². The van der Waals surface area contributed by atoms with Crippen molar-refractivity contribution in [3.05, 3.63) is 65.5 Å². The van der Waals surface area contributed by atoms with Crippen molar-refractivity contribution in [1.82, 2.24) is 4.98 Å². The van der Waals surface area contributed by atoms with Crippen molar-refractivity contribution >= 4 is 5.78 Å². The lowest BCUT2D eigenvalue weighted by Gasteiger charge is -2.16. The molecule has 3 rings (SSSR count). The summed E-state index contributed by atoms with van der Waals surface area (Å²) in [5, 5.41) is 0. The Morgan fingerprint density at radius 2 is 2.00 bits per heavy atom. The molecule has 0 spiro atoms. The second kappa shape index (κ2) is 4.94. The minimum Gasteiger partial charge on any atom is -0.318 e. The zero-order chi connectivity index (χ0) is 13.2. The van der Waals surface area contributed by atoms with Gasteiger partial charge in [-0.05, 0) is 30.0 Å². The molecule has 2 unspecified atom stereocenters. The topological polar surface area (TPSA) is 56.0 Å². The number of carbonyl (C=O) groups is 1. The zero-order valence-corrected chi connectivity index (χ0v) is 10.6. The van der Waals surface area contributed by atoms with E-state index in [2.05, 4.69) is 4.98 Å². The highest BCUT2D eigenvalue weighted by atomic mass is 16.1. The molecule has 0 fully saturated rings. The van der Waals surface area contributed by atoms with Gasteiger partial charge in [-0.15, -0.1) is 0 Å². The van der Waals surface area contributed by atoms with Crippen LogP contribution in [0.3, 0.4) is 0 Å². The molecule has 0 radical (unpaired) electrons. The highest BCUT2D eigenvalue weighted by molar-refractivity contribution is 5.91. The number of benzene rings is 1. The Morgan fingerprint density at radius 1 is 1.21 bits per heavy atom. The van der Waals surface area contributed by atoms with Gasteiger partial charge in [0.05, 0.1) is 17.7 Å². The average molecular weight is 252 g/mol. The minimum absolute atomic E-state index is 0.0728. The summed E-state index contributed by atoms with van der Waals surface area (Å²) in [6.07, 6.45) is 3.49. The van der Waals surface area contributed by atoms with Crippen LogP contribution in [0.2, 0.25) is 0 Å². The maximum absolute atomic E-state index is 12.5. The Kier molecular flexibility index (Phi) is 3.13. The van der Waals surface area contributed by atoms with Crippen LogP contribution in [-0.2, 0) is 11.2 Å². The highest BCUT2D eigenvalue weighted by Gasteiger charge is 2.33. The van der Waals surface area contributed by atoms with Crippen LogP contribution in [0.5, 0.6) is 0 Å². The maximum atomic E-state index is 12.5. The Balaban J connectivity index is 1.86. The normalized spacial score (nSPS) is 18.9. The summed E-state index contributed by atoms with van der Waals surface area (Å²) in [7, 11) is 0. The zero-order valence-electron chi connectivity index (χ0n) is 10.6. The molecule has 0 aliphatic heterocycles. The van der Waals surface area contributed by atoms with Gasteiger partial charge >= 0.3 is 0 Å². The number of hydrogen-bond acceptors (Lipinski definition) is 3. The van der Waals surface area contributed by atoms with Gasteiger partial charge in [-0.25, -0.2) is 0 Å². The molecule has 3 heteroatoms. The largest absolute Gasteiger partial charge is 0.318 e. The molecule has 1 aliphatic carbocycles. The first-order valence-electron chi connectivity index (χ1n) is 6.55. The first-order chi connectivity index (χ1) is 9.27. The summed E-state index contributed by atoms with van der Waals surface area (Å²) in [6.45, 7) is 0. The number of hydrogen-bond donors (Lipinski definition) is 1. The summed E-state index contributed by atoms with van der Waals surface area (Å²) in [5.74, 6) is -0.0740. The molecule has 0 bridgehead atoms. The van der Waals surface area contributed by atoms with E-state index in [1.807, 2.05) is 42.5 Å². The van der Waals surface area contributed by atoms with E-state index in [0.29, 0.717) is 0 Å². The monoisotopic (exact) mass is 252 g/mol. The SMILES string of the molecule is NC(C(=O)C1CCc2cccnc21)c1ccccc1. The Bertz CT molecular complexity index is 595. The fraction of sp³-hybridized carbons (Fsp3) is 0.250. The van der Waals surface area contributed by atoms with Crippen LogP contribution in [0.25, 0.3) is 0 Å². The van der Waals surface area contributed by atoms with Crippen LogP contribution >= 0.6 is 0 Å². The predicted octanol–water partition coefficient (Wildman–Crippen LogP) is 2.38. The molecule has 2 N–H and O–H groups in total. The number of fused-ring (bicyclic) bond motifs is 1. The quantitative estimate of drug-likeness (QED) is 0.912. The highest BCUT2D eigenvalue weighted by Crippen LogP contribution is 2.34. The third kappa shape index (κ3) is 2.17. The first-order valence-corrected chi connectivity index (χ1v) is 6.55. The van der Waals surface area contributed by atoms with Gasteiger partial charge < -0.3 is 5.73 Å². The first kappa shape index (κ1) is 12.1. The van der Waals surface area contributed by atoms with E-state index in [0.717, 1.165) is 24.1 Å². The molecule has 2 aromatic rings. The number of ketones is 1. The molecule has 0 saturated carbocycles. The van der Waals surface area contributed by atoms with Gasteiger partial charge in [-0.3, -0.25) is 9.78 Å². The van der Waals surface area contributed by atoms with E-state index >= 15 is 0 Å². The smallest absolute Gasteiger partial charge is 0.163 e. The number of Topliss-reactive ketones (excluding diaryl/α,β-unsaturated/α-hetero) is 1. The number of carbonyl (C=O) groups excluding carboxylic acids is 1. The molecule has 1 aromatic heterocycles. The molecule has 0 saturated heterocycles. The van der Waals surface area contributed by atoms with Gasteiger partial charge in [-0.1, -0.05) is 36.4 Å². The lowest BCUT2D eigenvalue weighted by atomic mass is 9.92. The van der Waals surface area contributed by atoms with Gasteiger partial charge in [0.1, 0.15) is 0 Å². The van der Waals surface area contributed by atoms with E-state index in [-0.39, 0.29) is 11.7 Å². The van der Waals surface area contributed by atoms with Crippen LogP contribution < -0.4 is 5.73 Å². The molecule has 1 aliphatic rings. The van der Waals surface area contributed by atoms with E-state index in [9.17, 15) is 4.79 Å². The summed E-state index contributed by atoms with van der Waals surface area (Å²) in [6, 6.07) is 12.9. The predicted molar refractivity (Wildman–Crippen MR) is 73.7 cm³/mol. The molecule has 3 nitrogen and oxygen atoms in total. The van der Waals surface area contributed by atoms with Gasteiger partial charge in [-0.2, -0.15) is 0 Å². The van der Waals surface area contributed by atoms with E-state index in [1.54, 1.807) is 6.20 Å². The molecule has 96 valence electrons. The van der Waals surface area contributed by atoms with E-state index < -0.39 is 6.04 Å². The van der Waals surface area contributed by atoms with Gasteiger partial charge in [0.2, 0.25) is 0 Å². The van der Waals surface area contributed by atoms with E-state index in [1.165, 1.54) is 5.56 Å². The number of rotatable bonds is 3. The Hall–Kier alpha value is -2.00.